The first-order chi connectivity index (χ1) is 9.82. The van der Waals surface area contributed by atoms with Gasteiger partial charge in [0.2, 0.25) is 0 Å². The fraction of sp³-hybridized carbons (Fsp3) is 0.368. The quantitative estimate of drug-likeness (QED) is 0.540. The molecule has 0 fully saturated rings. The molecule has 0 saturated carbocycles. The van der Waals surface area contributed by atoms with Crippen molar-refractivity contribution < 1.29 is 0 Å². The summed E-state index contributed by atoms with van der Waals surface area (Å²) in [4.78, 5) is 0.314. The summed E-state index contributed by atoms with van der Waals surface area (Å²) in [7, 11) is 0. The van der Waals surface area contributed by atoms with Gasteiger partial charge in [0.15, 0.2) is 0 Å². The maximum atomic E-state index is 6.09. The van der Waals surface area contributed by atoms with Crippen molar-refractivity contribution >= 4 is 27.5 Å². The van der Waals surface area contributed by atoms with E-state index in [0.717, 1.165) is 11.4 Å². The number of rotatable bonds is 3. The van der Waals surface area contributed by atoms with Gasteiger partial charge in [0.1, 0.15) is 0 Å². The topological polar surface area (TPSA) is 0 Å². The zero-order valence-electron chi connectivity index (χ0n) is 13.3. The Hall–Kier alpha value is -0.790. The molecule has 0 saturated heterocycles. The van der Waals surface area contributed by atoms with Gasteiger partial charge in [-0.05, 0) is 92.1 Å². The average Bonchev–Trinajstić information content (AvgIpc) is 2.43. The summed E-state index contributed by atoms with van der Waals surface area (Å²) in [6, 6.07) is 8.13. The van der Waals surface area contributed by atoms with Crippen molar-refractivity contribution in [1.82, 2.24) is 0 Å². The third kappa shape index (κ3) is 3.35. The standard InChI is InChI=1S/C19H22BrCl/c1-11-12(2)14(4)19(15(5)13(11)3)18(20)10-16-7-6-8-17(21)9-16/h6-9,18H,10H2,1-5H3. The molecule has 0 heterocycles. The maximum absolute atomic E-state index is 6.09. The van der Waals surface area contributed by atoms with Crippen LogP contribution in [0.2, 0.25) is 5.02 Å². The van der Waals surface area contributed by atoms with E-state index in [2.05, 4.69) is 56.6 Å². The van der Waals surface area contributed by atoms with Gasteiger partial charge in [-0.2, -0.15) is 0 Å². The van der Waals surface area contributed by atoms with E-state index in [9.17, 15) is 0 Å². The molecule has 0 aliphatic carbocycles. The summed E-state index contributed by atoms with van der Waals surface area (Å²) in [5.41, 5.74) is 9.72. The molecule has 0 radical (unpaired) electrons. The van der Waals surface area contributed by atoms with E-state index in [1.54, 1.807) is 0 Å². The lowest BCUT2D eigenvalue weighted by Crippen LogP contribution is -2.06. The van der Waals surface area contributed by atoms with E-state index in [4.69, 9.17) is 11.6 Å². The second-order valence-electron chi connectivity index (χ2n) is 5.84. The molecule has 2 aromatic carbocycles. The zero-order valence-corrected chi connectivity index (χ0v) is 15.7. The van der Waals surface area contributed by atoms with Gasteiger partial charge in [0, 0.05) is 9.85 Å². The minimum absolute atomic E-state index is 0.314. The zero-order chi connectivity index (χ0) is 15.7. The van der Waals surface area contributed by atoms with Crippen molar-refractivity contribution in [2.24, 2.45) is 0 Å². The fourth-order valence-electron chi connectivity index (χ4n) is 2.97. The molecule has 0 nitrogen and oxygen atoms in total. The fourth-order valence-corrected chi connectivity index (χ4v) is 4.25. The van der Waals surface area contributed by atoms with E-state index < -0.39 is 0 Å². The highest BCUT2D eigenvalue weighted by atomic mass is 79.9. The molecule has 0 amide bonds. The van der Waals surface area contributed by atoms with Crippen LogP contribution in [0, 0.1) is 34.6 Å². The molecule has 112 valence electrons. The smallest absolute Gasteiger partial charge is 0.0441 e. The molecule has 0 aromatic heterocycles. The highest BCUT2D eigenvalue weighted by Crippen LogP contribution is 2.36. The van der Waals surface area contributed by atoms with Crippen molar-refractivity contribution in [3.05, 3.63) is 68.2 Å². The van der Waals surface area contributed by atoms with Crippen LogP contribution < -0.4 is 0 Å². The Morgan fingerprint density at radius 2 is 1.43 bits per heavy atom. The maximum Gasteiger partial charge on any atom is 0.0441 e. The summed E-state index contributed by atoms with van der Waals surface area (Å²) >= 11 is 9.99. The Balaban J connectivity index is 2.42. The van der Waals surface area contributed by atoms with Crippen LogP contribution in [-0.4, -0.2) is 0 Å². The lowest BCUT2D eigenvalue weighted by atomic mass is 9.87. The van der Waals surface area contributed by atoms with Gasteiger partial charge in [-0.15, -0.1) is 0 Å². The van der Waals surface area contributed by atoms with Crippen molar-refractivity contribution in [2.45, 2.75) is 45.9 Å². The summed E-state index contributed by atoms with van der Waals surface area (Å²) in [5.74, 6) is 0. The highest BCUT2D eigenvalue weighted by molar-refractivity contribution is 9.09. The van der Waals surface area contributed by atoms with Crippen LogP contribution in [0.3, 0.4) is 0 Å². The van der Waals surface area contributed by atoms with Crippen molar-refractivity contribution in [2.75, 3.05) is 0 Å². The Kier molecular flexibility index (Phi) is 5.16. The van der Waals surface area contributed by atoms with Crippen LogP contribution in [0.4, 0.5) is 0 Å². The second kappa shape index (κ2) is 6.54. The number of halogens is 2. The van der Waals surface area contributed by atoms with Crippen LogP contribution in [0.1, 0.15) is 43.8 Å². The molecular formula is C19H22BrCl. The van der Waals surface area contributed by atoms with Gasteiger partial charge in [-0.3, -0.25) is 0 Å². The molecule has 2 heteroatoms. The Morgan fingerprint density at radius 1 is 0.905 bits per heavy atom. The van der Waals surface area contributed by atoms with E-state index in [1.165, 1.54) is 38.9 Å². The molecule has 21 heavy (non-hydrogen) atoms. The largest absolute Gasteiger partial charge is 0.0843 e. The van der Waals surface area contributed by atoms with Gasteiger partial charge in [0.25, 0.3) is 0 Å². The molecule has 0 spiro atoms. The Labute approximate surface area is 141 Å². The summed E-state index contributed by atoms with van der Waals surface area (Å²) in [6.45, 7) is 11.1. The lowest BCUT2D eigenvalue weighted by molar-refractivity contribution is 0.915. The van der Waals surface area contributed by atoms with Crippen molar-refractivity contribution in [3.8, 4) is 0 Å². The van der Waals surface area contributed by atoms with Gasteiger partial charge in [-0.25, -0.2) is 0 Å². The number of benzene rings is 2. The minimum atomic E-state index is 0.314. The van der Waals surface area contributed by atoms with Crippen LogP contribution in [0.15, 0.2) is 24.3 Å². The van der Waals surface area contributed by atoms with E-state index in [1.807, 2.05) is 18.2 Å². The highest BCUT2D eigenvalue weighted by Gasteiger charge is 2.18. The van der Waals surface area contributed by atoms with E-state index >= 15 is 0 Å². The third-order valence-electron chi connectivity index (χ3n) is 4.68. The van der Waals surface area contributed by atoms with E-state index in [-0.39, 0.29) is 0 Å². The Bertz CT molecular complexity index is 645. The first-order valence-electron chi connectivity index (χ1n) is 7.28. The molecule has 0 aliphatic rings. The van der Waals surface area contributed by atoms with Crippen LogP contribution in [-0.2, 0) is 6.42 Å². The van der Waals surface area contributed by atoms with Gasteiger partial charge in [-0.1, -0.05) is 39.7 Å². The third-order valence-corrected chi connectivity index (χ3v) is 5.69. The predicted molar refractivity (Wildman–Crippen MR) is 97.0 cm³/mol. The summed E-state index contributed by atoms with van der Waals surface area (Å²) < 4.78 is 0. The molecule has 0 N–H and O–H groups in total. The van der Waals surface area contributed by atoms with Crippen molar-refractivity contribution in [3.63, 3.8) is 0 Å². The molecular weight excluding hydrogens is 344 g/mol. The number of hydrogen-bond acceptors (Lipinski definition) is 0. The van der Waals surface area contributed by atoms with Crippen LogP contribution >= 0.6 is 27.5 Å². The molecule has 2 rings (SSSR count). The monoisotopic (exact) mass is 364 g/mol. The van der Waals surface area contributed by atoms with Crippen LogP contribution in [0.5, 0.6) is 0 Å². The number of alkyl halides is 1. The second-order valence-corrected chi connectivity index (χ2v) is 7.38. The normalized spacial score (nSPS) is 12.5. The van der Waals surface area contributed by atoms with Gasteiger partial charge in [0.05, 0.1) is 0 Å². The number of hydrogen-bond donors (Lipinski definition) is 0. The summed E-state index contributed by atoms with van der Waals surface area (Å²) in [5, 5.41) is 0.803. The minimum Gasteiger partial charge on any atom is -0.0843 e. The van der Waals surface area contributed by atoms with Gasteiger partial charge < -0.3 is 0 Å². The van der Waals surface area contributed by atoms with Gasteiger partial charge >= 0.3 is 0 Å². The van der Waals surface area contributed by atoms with Crippen LogP contribution in [0.25, 0.3) is 0 Å². The Morgan fingerprint density at radius 3 is 1.95 bits per heavy atom. The molecule has 0 aliphatic heterocycles. The van der Waals surface area contributed by atoms with Crippen molar-refractivity contribution in [1.29, 1.82) is 0 Å². The molecule has 2 aromatic rings. The SMILES string of the molecule is Cc1c(C)c(C)c(C(Br)Cc2cccc(Cl)c2)c(C)c1C. The first kappa shape index (κ1) is 16.6. The lowest BCUT2D eigenvalue weighted by Gasteiger charge is -2.22. The predicted octanol–water partition coefficient (Wildman–Crippen LogP) is 6.56. The summed E-state index contributed by atoms with van der Waals surface area (Å²) in [6.07, 6.45) is 0.949. The first-order valence-corrected chi connectivity index (χ1v) is 8.57. The van der Waals surface area contributed by atoms with E-state index in [0.29, 0.717) is 4.83 Å². The molecule has 1 unspecified atom stereocenters. The molecule has 1 atom stereocenters. The molecule has 0 bridgehead atoms. The average molecular weight is 366 g/mol.